The highest BCUT2D eigenvalue weighted by molar-refractivity contribution is 14.1. The Morgan fingerprint density at radius 3 is 2.25 bits per heavy atom. The zero-order valence-electron chi connectivity index (χ0n) is 22.4. The molecule has 1 heterocycles. The van der Waals surface area contributed by atoms with Crippen LogP contribution in [0.5, 0.6) is 23.0 Å². The number of carbonyl (C=O) groups excluding carboxylic acids is 3. The molecule has 0 aromatic heterocycles. The van der Waals surface area contributed by atoms with Crippen LogP contribution in [-0.4, -0.2) is 39.2 Å². The smallest absolute Gasteiger partial charge is 0.336 e. The van der Waals surface area contributed by atoms with Gasteiger partial charge in [0.25, 0.3) is 11.8 Å². The van der Waals surface area contributed by atoms with E-state index in [4.69, 9.17) is 30.5 Å². The first-order chi connectivity index (χ1) is 19.1. The van der Waals surface area contributed by atoms with Gasteiger partial charge in [0.05, 0.1) is 35.6 Å². The summed E-state index contributed by atoms with van der Waals surface area (Å²) in [4.78, 5) is 39.8. The van der Waals surface area contributed by atoms with Crippen molar-refractivity contribution >= 4 is 63.8 Å². The molecule has 208 valence electrons. The molecule has 3 aromatic carbocycles. The van der Waals surface area contributed by atoms with Crippen molar-refractivity contribution < 1.29 is 33.3 Å². The molecular formula is C29H26ClIN2O7. The van der Waals surface area contributed by atoms with E-state index in [-0.39, 0.29) is 27.8 Å². The first-order valence-electron chi connectivity index (χ1n) is 12.0. The van der Waals surface area contributed by atoms with Gasteiger partial charge in [0.15, 0.2) is 11.5 Å². The Morgan fingerprint density at radius 2 is 1.60 bits per heavy atom. The molecule has 4 amide bonds. The van der Waals surface area contributed by atoms with Crippen molar-refractivity contribution in [3.05, 3.63) is 78.9 Å². The molecule has 1 fully saturated rings. The van der Waals surface area contributed by atoms with Crippen molar-refractivity contribution in [2.45, 2.75) is 20.5 Å². The molecule has 9 nitrogen and oxygen atoms in total. The lowest BCUT2D eigenvalue weighted by Crippen LogP contribution is -2.54. The average molecular weight is 677 g/mol. The lowest BCUT2D eigenvalue weighted by molar-refractivity contribution is -0.122. The molecule has 0 saturated carbocycles. The van der Waals surface area contributed by atoms with E-state index < -0.39 is 17.8 Å². The van der Waals surface area contributed by atoms with Crippen molar-refractivity contribution in [3.8, 4) is 23.0 Å². The number of nitrogens with one attached hydrogen (secondary N) is 1. The number of barbiturate groups is 1. The van der Waals surface area contributed by atoms with Crippen LogP contribution in [0, 0.1) is 17.4 Å². The predicted octanol–water partition coefficient (Wildman–Crippen LogP) is 5.83. The van der Waals surface area contributed by atoms with Gasteiger partial charge >= 0.3 is 6.03 Å². The Morgan fingerprint density at radius 1 is 0.900 bits per heavy atom. The summed E-state index contributed by atoms with van der Waals surface area (Å²) in [5, 5.41) is 2.43. The Kier molecular flexibility index (Phi) is 8.89. The fraction of sp³-hybridized carbons (Fsp3) is 0.207. The molecule has 0 unspecified atom stereocenters. The molecule has 0 spiro atoms. The molecule has 3 aromatic rings. The van der Waals surface area contributed by atoms with Crippen LogP contribution in [-0.2, 0) is 16.2 Å². The number of nitrogens with zero attached hydrogens (tertiary/aromatic N) is 1. The standard InChI is InChI=1S/C29H26ClIN2O7/c1-15-6-7-17(8-16(15)2)14-40-26-21(31)10-18(11-25(26)39-5)9-19-27(34)32-29(36)33(28(19)35)22-13-23(37-3)20(30)12-24(22)38-4/h6-13H,14H2,1-5H3,(H,32,34,36)/b19-9+. The summed E-state index contributed by atoms with van der Waals surface area (Å²) in [5.41, 5.74) is 3.67. The van der Waals surface area contributed by atoms with E-state index >= 15 is 0 Å². The number of hydrogen-bond acceptors (Lipinski definition) is 7. The van der Waals surface area contributed by atoms with Gasteiger partial charge < -0.3 is 18.9 Å². The third kappa shape index (κ3) is 5.87. The summed E-state index contributed by atoms with van der Waals surface area (Å²) in [6, 6.07) is 11.4. The number of aryl methyl sites for hydroxylation is 2. The normalized spacial score (nSPS) is 14.3. The molecule has 1 saturated heterocycles. The van der Waals surface area contributed by atoms with Crippen molar-refractivity contribution in [1.29, 1.82) is 0 Å². The zero-order valence-corrected chi connectivity index (χ0v) is 25.3. The summed E-state index contributed by atoms with van der Waals surface area (Å²) >= 11 is 8.28. The van der Waals surface area contributed by atoms with Crippen LogP contribution in [0.3, 0.4) is 0 Å². The molecular weight excluding hydrogens is 651 g/mol. The molecule has 0 aliphatic carbocycles. The zero-order chi connectivity index (χ0) is 29.1. The van der Waals surface area contributed by atoms with Crippen molar-refractivity contribution in [2.75, 3.05) is 26.2 Å². The summed E-state index contributed by atoms with van der Waals surface area (Å²) in [5.74, 6) is -0.377. The first kappa shape index (κ1) is 29.2. The van der Waals surface area contributed by atoms with E-state index in [0.29, 0.717) is 27.2 Å². The predicted molar refractivity (Wildman–Crippen MR) is 160 cm³/mol. The Bertz CT molecular complexity index is 1550. The largest absolute Gasteiger partial charge is 0.495 e. The lowest BCUT2D eigenvalue weighted by Gasteiger charge is -2.28. The molecule has 11 heteroatoms. The third-order valence-electron chi connectivity index (χ3n) is 6.31. The summed E-state index contributed by atoms with van der Waals surface area (Å²) in [6.07, 6.45) is 1.38. The number of urea groups is 1. The van der Waals surface area contributed by atoms with Gasteiger partial charge in [-0.25, -0.2) is 9.69 Å². The van der Waals surface area contributed by atoms with Gasteiger partial charge in [0.1, 0.15) is 23.7 Å². The maximum Gasteiger partial charge on any atom is 0.336 e. The maximum absolute atomic E-state index is 13.5. The third-order valence-corrected chi connectivity index (χ3v) is 7.41. The van der Waals surface area contributed by atoms with E-state index in [1.807, 2.05) is 19.1 Å². The Hall–Kier alpha value is -3.77. The van der Waals surface area contributed by atoms with Crippen LogP contribution < -0.4 is 29.2 Å². The van der Waals surface area contributed by atoms with Gasteiger partial charge in [-0.1, -0.05) is 29.8 Å². The van der Waals surface area contributed by atoms with Crippen LogP contribution in [0.15, 0.2) is 48.0 Å². The fourth-order valence-electron chi connectivity index (χ4n) is 4.07. The van der Waals surface area contributed by atoms with Gasteiger partial charge in [-0.05, 0) is 76.9 Å². The topological polar surface area (TPSA) is 103 Å². The van der Waals surface area contributed by atoms with Crippen molar-refractivity contribution in [2.24, 2.45) is 0 Å². The fourth-order valence-corrected chi connectivity index (χ4v) is 5.09. The molecule has 1 aliphatic heterocycles. The van der Waals surface area contributed by atoms with Gasteiger partial charge in [-0.2, -0.15) is 0 Å². The lowest BCUT2D eigenvalue weighted by atomic mass is 10.1. The number of anilines is 1. The highest BCUT2D eigenvalue weighted by Crippen LogP contribution is 2.40. The second kappa shape index (κ2) is 12.2. The number of ether oxygens (including phenoxy) is 4. The second-order valence-corrected chi connectivity index (χ2v) is 10.4. The monoisotopic (exact) mass is 676 g/mol. The minimum absolute atomic E-state index is 0.0619. The van der Waals surface area contributed by atoms with Crippen LogP contribution in [0.1, 0.15) is 22.3 Å². The van der Waals surface area contributed by atoms with Gasteiger partial charge in [-0.15, -0.1) is 0 Å². The number of hydrogen-bond donors (Lipinski definition) is 1. The van der Waals surface area contributed by atoms with E-state index in [0.717, 1.165) is 10.5 Å². The van der Waals surface area contributed by atoms with Crippen LogP contribution >= 0.6 is 34.2 Å². The minimum Gasteiger partial charge on any atom is -0.495 e. The first-order valence-corrected chi connectivity index (χ1v) is 13.4. The number of carbonyl (C=O) groups is 3. The molecule has 1 N–H and O–H groups in total. The van der Waals surface area contributed by atoms with E-state index in [1.54, 1.807) is 12.1 Å². The van der Waals surface area contributed by atoms with E-state index in [9.17, 15) is 14.4 Å². The number of methoxy groups -OCH3 is 3. The van der Waals surface area contributed by atoms with Crippen LogP contribution in [0.2, 0.25) is 5.02 Å². The summed E-state index contributed by atoms with van der Waals surface area (Å²) in [7, 11) is 4.27. The van der Waals surface area contributed by atoms with E-state index in [2.05, 4.69) is 40.9 Å². The molecule has 4 rings (SSSR count). The van der Waals surface area contributed by atoms with Crippen LogP contribution in [0.25, 0.3) is 6.08 Å². The summed E-state index contributed by atoms with van der Waals surface area (Å²) < 4.78 is 22.9. The Labute approximate surface area is 250 Å². The quantitative estimate of drug-likeness (QED) is 0.182. The van der Waals surface area contributed by atoms with Crippen LogP contribution in [0.4, 0.5) is 10.5 Å². The highest BCUT2D eigenvalue weighted by Gasteiger charge is 2.38. The number of amides is 4. The van der Waals surface area contributed by atoms with Gasteiger partial charge in [0.2, 0.25) is 0 Å². The molecule has 0 atom stereocenters. The average Bonchev–Trinajstić information content (AvgIpc) is 2.92. The number of rotatable bonds is 8. The number of halogens is 2. The second-order valence-electron chi connectivity index (χ2n) is 8.86. The molecule has 1 aliphatic rings. The number of imide groups is 2. The van der Waals surface area contributed by atoms with Crippen molar-refractivity contribution in [1.82, 2.24) is 5.32 Å². The SMILES string of the molecule is COc1cc(N2C(=O)NC(=O)/C(=C\c3cc(I)c(OCc4ccc(C)c(C)c4)c(OC)c3)C2=O)c(OC)cc1Cl. The van der Waals surface area contributed by atoms with Crippen molar-refractivity contribution in [3.63, 3.8) is 0 Å². The number of benzene rings is 3. The Balaban J connectivity index is 1.68. The highest BCUT2D eigenvalue weighted by atomic mass is 127. The van der Waals surface area contributed by atoms with E-state index in [1.165, 1.54) is 50.7 Å². The molecule has 0 radical (unpaired) electrons. The van der Waals surface area contributed by atoms with Gasteiger partial charge in [-0.3, -0.25) is 14.9 Å². The maximum atomic E-state index is 13.5. The molecule has 0 bridgehead atoms. The minimum atomic E-state index is -0.933. The molecule has 40 heavy (non-hydrogen) atoms. The summed E-state index contributed by atoms with van der Waals surface area (Å²) in [6.45, 7) is 4.43. The van der Waals surface area contributed by atoms with Gasteiger partial charge in [0, 0.05) is 12.1 Å².